The van der Waals surface area contributed by atoms with E-state index in [0.29, 0.717) is 5.56 Å². The number of hydrogen-bond acceptors (Lipinski definition) is 4. The largest absolute Gasteiger partial charge is 0.480 e. The topological polar surface area (TPSA) is 122 Å². The second-order valence-electron chi connectivity index (χ2n) is 3.92. The molecule has 0 aliphatic rings. The molecule has 0 radical (unpaired) electrons. The van der Waals surface area contributed by atoms with Crippen LogP contribution in [0.3, 0.4) is 0 Å². The van der Waals surface area contributed by atoms with Gasteiger partial charge in [0.25, 0.3) is 5.69 Å². The molecule has 0 fully saturated rings. The number of urea groups is 1. The first-order valence-corrected chi connectivity index (χ1v) is 5.36. The van der Waals surface area contributed by atoms with Gasteiger partial charge >= 0.3 is 12.0 Å². The number of anilines is 1. The van der Waals surface area contributed by atoms with Gasteiger partial charge in [-0.3, -0.25) is 14.9 Å². The van der Waals surface area contributed by atoms with Crippen molar-refractivity contribution in [2.24, 2.45) is 0 Å². The molecule has 0 aromatic heterocycles. The van der Waals surface area contributed by atoms with E-state index in [1.54, 1.807) is 6.92 Å². The van der Waals surface area contributed by atoms with Gasteiger partial charge in [0, 0.05) is 17.3 Å². The minimum atomic E-state index is -1.18. The number of hydrogen-bond donors (Lipinski definition) is 3. The Morgan fingerprint density at radius 1 is 1.42 bits per heavy atom. The van der Waals surface area contributed by atoms with Crippen molar-refractivity contribution < 1.29 is 19.6 Å². The molecule has 0 saturated heterocycles. The molecule has 1 rings (SSSR count). The van der Waals surface area contributed by atoms with Crippen LogP contribution in [0.5, 0.6) is 0 Å². The Bertz CT molecular complexity index is 529. The molecule has 0 spiro atoms. The zero-order valence-corrected chi connectivity index (χ0v) is 10.3. The molecule has 1 aromatic carbocycles. The van der Waals surface area contributed by atoms with Crippen LogP contribution in [0.1, 0.15) is 12.5 Å². The van der Waals surface area contributed by atoms with Gasteiger partial charge in [-0.2, -0.15) is 0 Å². The Morgan fingerprint density at radius 3 is 2.58 bits per heavy atom. The molecule has 8 heteroatoms. The van der Waals surface area contributed by atoms with E-state index in [2.05, 4.69) is 10.6 Å². The number of aryl methyl sites for hydroxylation is 1. The van der Waals surface area contributed by atoms with Crippen molar-refractivity contribution >= 4 is 23.4 Å². The van der Waals surface area contributed by atoms with Gasteiger partial charge < -0.3 is 15.7 Å². The van der Waals surface area contributed by atoms with Gasteiger partial charge in [-0.05, 0) is 19.9 Å². The number of nitro benzene ring substituents is 1. The highest BCUT2D eigenvalue weighted by Crippen LogP contribution is 2.22. The zero-order chi connectivity index (χ0) is 14.6. The fraction of sp³-hybridized carbons (Fsp3) is 0.273. The highest BCUT2D eigenvalue weighted by Gasteiger charge is 2.15. The predicted molar refractivity (Wildman–Crippen MR) is 67.1 cm³/mol. The number of rotatable bonds is 4. The van der Waals surface area contributed by atoms with Crippen LogP contribution in [0, 0.1) is 17.0 Å². The van der Waals surface area contributed by atoms with E-state index < -0.39 is 23.0 Å². The quantitative estimate of drug-likeness (QED) is 0.563. The molecule has 8 nitrogen and oxygen atoms in total. The van der Waals surface area contributed by atoms with Crippen LogP contribution in [0.2, 0.25) is 0 Å². The van der Waals surface area contributed by atoms with Crippen molar-refractivity contribution in [3.8, 4) is 0 Å². The number of aliphatic carboxylic acids is 1. The zero-order valence-electron chi connectivity index (χ0n) is 10.3. The molecule has 0 saturated carbocycles. The van der Waals surface area contributed by atoms with Gasteiger partial charge in [-0.1, -0.05) is 6.07 Å². The van der Waals surface area contributed by atoms with Gasteiger partial charge in [-0.25, -0.2) is 4.79 Å². The van der Waals surface area contributed by atoms with E-state index in [1.807, 2.05) is 0 Å². The van der Waals surface area contributed by atoms with Crippen LogP contribution in [-0.4, -0.2) is 28.1 Å². The number of carboxylic acids is 1. The highest BCUT2D eigenvalue weighted by molar-refractivity contribution is 5.92. The lowest BCUT2D eigenvalue weighted by atomic mass is 10.2. The third-order valence-electron chi connectivity index (χ3n) is 2.38. The second kappa shape index (κ2) is 5.80. The van der Waals surface area contributed by atoms with Gasteiger partial charge in [-0.15, -0.1) is 0 Å². The van der Waals surface area contributed by atoms with E-state index >= 15 is 0 Å². The molecule has 0 aliphatic carbocycles. The summed E-state index contributed by atoms with van der Waals surface area (Å²) in [5, 5.41) is 23.8. The fourth-order valence-electron chi connectivity index (χ4n) is 1.31. The Hall–Kier alpha value is -2.64. The minimum absolute atomic E-state index is 0.121. The van der Waals surface area contributed by atoms with Gasteiger partial charge in [0.1, 0.15) is 6.04 Å². The monoisotopic (exact) mass is 267 g/mol. The molecule has 1 atom stereocenters. The number of nitro groups is 1. The van der Waals surface area contributed by atoms with Crippen LogP contribution in [-0.2, 0) is 4.79 Å². The smallest absolute Gasteiger partial charge is 0.325 e. The first-order chi connectivity index (χ1) is 8.81. The van der Waals surface area contributed by atoms with Crippen LogP contribution >= 0.6 is 0 Å². The van der Waals surface area contributed by atoms with Crippen molar-refractivity contribution in [1.29, 1.82) is 0 Å². The van der Waals surface area contributed by atoms with Crippen LogP contribution < -0.4 is 10.6 Å². The normalized spacial score (nSPS) is 11.5. The number of benzene rings is 1. The molecule has 19 heavy (non-hydrogen) atoms. The molecule has 2 amide bonds. The molecule has 0 unspecified atom stereocenters. The molecule has 102 valence electrons. The molecular weight excluding hydrogens is 254 g/mol. The molecule has 0 bridgehead atoms. The number of amides is 2. The molecule has 1 aromatic rings. The van der Waals surface area contributed by atoms with Crippen molar-refractivity contribution in [2.45, 2.75) is 19.9 Å². The maximum atomic E-state index is 11.4. The number of carboxylic acid groups (broad SMARTS) is 1. The van der Waals surface area contributed by atoms with Crippen molar-refractivity contribution in [3.63, 3.8) is 0 Å². The maximum absolute atomic E-state index is 11.4. The highest BCUT2D eigenvalue weighted by atomic mass is 16.6. The average Bonchev–Trinajstić information content (AvgIpc) is 2.30. The van der Waals surface area contributed by atoms with Crippen molar-refractivity contribution in [3.05, 3.63) is 33.9 Å². The Balaban J connectivity index is 2.78. The molecule has 0 heterocycles. The lowest BCUT2D eigenvalue weighted by Gasteiger charge is -2.10. The van der Waals surface area contributed by atoms with Crippen molar-refractivity contribution in [2.75, 3.05) is 5.32 Å². The van der Waals surface area contributed by atoms with Crippen LogP contribution in [0.25, 0.3) is 0 Å². The summed E-state index contributed by atoms with van der Waals surface area (Å²) in [5.41, 5.74) is 0.561. The lowest BCUT2D eigenvalue weighted by molar-refractivity contribution is -0.385. The lowest BCUT2D eigenvalue weighted by Crippen LogP contribution is -2.40. The third-order valence-corrected chi connectivity index (χ3v) is 2.38. The fourth-order valence-corrected chi connectivity index (χ4v) is 1.31. The Morgan fingerprint density at radius 2 is 2.05 bits per heavy atom. The summed E-state index contributed by atoms with van der Waals surface area (Å²) in [4.78, 5) is 32.2. The van der Waals surface area contributed by atoms with Crippen molar-refractivity contribution in [1.82, 2.24) is 5.32 Å². The molecular formula is C11H13N3O5. The number of carbonyl (C=O) groups is 2. The van der Waals surface area contributed by atoms with E-state index in [1.165, 1.54) is 25.1 Å². The van der Waals surface area contributed by atoms with Gasteiger partial charge in [0.15, 0.2) is 0 Å². The van der Waals surface area contributed by atoms with Gasteiger partial charge in [0.2, 0.25) is 0 Å². The second-order valence-corrected chi connectivity index (χ2v) is 3.92. The first kappa shape index (κ1) is 14.4. The summed E-state index contributed by atoms with van der Waals surface area (Å²) in [6.07, 6.45) is 0. The van der Waals surface area contributed by atoms with E-state index in [0.717, 1.165) is 0 Å². The Kier molecular flexibility index (Phi) is 4.41. The minimum Gasteiger partial charge on any atom is -0.480 e. The van der Waals surface area contributed by atoms with Crippen LogP contribution in [0.15, 0.2) is 18.2 Å². The number of carbonyl (C=O) groups excluding carboxylic acids is 1. The summed E-state index contributed by atoms with van der Waals surface area (Å²) in [6.45, 7) is 2.88. The van der Waals surface area contributed by atoms with E-state index in [-0.39, 0.29) is 11.4 Å². The summed E-state index contributed by atoms with van der Waals surface area (Å²) in [5.74, 6) is -1.18. The third kappa shape index (κ3) is 3.95. The van der Waals surface area contributed by atoms with Crippen LogP contribution in [0.4, 0.5) is 16.2 Å². The SMILES string of the molecule is Cc1ccc(NC(=O)N[C@@H](C)C(=O)O)cc1[N+](=O)[O-]. The number of nitrogens with zero attached hydrogens (tertiary/aromatic N) is 1. The summed E-state index contributed by atoms with van der Waals surface area (Å²) in [6, 6.07) is 2.40. The maximum Gasteiger partial charge on any atom is 0.325 e. The molecule has 3 N–H and O–H groups in total. The molecule has 0 aliphatic heterocycles. The Labute approximate surface area is 108 Å². The van der Waals surface area contributed by atoms with E-state index in [9.17, 15) is 19.7 Å². The summed E-state index contributed by atoms with van der Waals surface area (Å²) >= 11 is 0. The summed E-state index contributed by atoms with van der Waals surface area (Å²) < 4.78 is 0. The van der Waals surface area contributed by atoms with E-state index in [4.69, 9.17) is 5.11 Å². The summed E-state index contributed by atoms with van der Waals surface area (Å²) in [7, 11) is 0. The van der Waals surface area contributed by atoms with Gasteiger partial charge in [0.05, 0.1) is 4.92 Å². The first-order valence-electron chi connectivity index (χ1n) is 5.36. The number of nitrogens with one attached hydrogen (secondary N) is 2. The predicted octanol–water partition coefficient (Wildman–Crippen LogP) is 1.50. The standard InChI is InChI=1S/C11H13N3O5/c1-6-3-4-8(5-9(6)14(18)19)13-11(17)12-7(2)10(15)16/h3-5,7H,1-2H3,(H,15,16)(H2,12,13,17)/t7-/m0/s1. The average molecular weight is 267 g/mol.